The van der Waals surface area contributed by atoms with Gasteiger partial charge in [0.25, 0.3) is 0 Å². The molecule has 1 atom stereocenters. The first-order valence-electron chi connectivity index (χ1n) is 8.78. The molecule has 1 amide bonds. The van der Waals surface area contributed by atoms with Gasteiger partial charge in [-0.1, -0.05) is 35.0 Å². The molecule has 1 aliphatic heterocycles. The number of para-hydroxylation sites is 1. The molecule has 1 aromatic heterocycles. The standard InChI is InChI=1S/C20H18ClN3O3/c21-14-7-5-13(6-8-14)20-23-19(27-24-20)10-9-18(25)22-16-11-12-26-17-4-2-1-3-15(16)17/h1-8,16H,9-12H2,(H,22,25)/t16-/m0/s1. The van der Waals surface area contributed by atoms with Crippen LogP contribution in [-0.4, -0.2) is 22.7 Å². The van der Waals surface area contributed by atoms with Crippen LogP contribution in [0.5, 0.6) is 5.75 Å². The summed E-state index contributed by atoms with van der Waals surface area (Å²) in [5, 5.41) is 7.68. The molecule has 0 saturated carbocycles. The highest BCUT2D eigenvalue weighted by atomic mass is 35.5. The molecule has 7 heteroatoms. The van der Waals surface area contributed by atoms with Crippen LogP contribution in [0, 0.1) is 0 Å². The largest absolute Gasteiger partial charge is 0.493 e. The van der Waals surface area contributed by atoms with Crippen LogP contribution in [0.2, 0.25) is 5.02 Å². The lowest BCUT2D eigenvalue weighted by molar-refractivity contribution is -0.122. The van der Waals surface area contributed by atoms with Crippen molar-refractivity contribution in [3.8, 4) is 17.1 Å². The van der Waals surface area contributed by atoms with Crippen LogP contribution in [0.3, 0.4) is 0 Å². The second-order valence-electron chi connectivity index (χ2n) is 6.31. The fraction of sp³-hybridized carbons (Fsp3) is 0.250. The molecule has 0 fully saturated rings. The Morgan fingerprint density at radius 3 is 2.85 bits per heavy atom. The predicted molar refractivity (Wildman–Crippen MR) is 101 cm³/mol. The van der Waals surface area contributed by atoms with E-state index in [0.717, 1.165) is 23.3 Å². The number of nitrogens with zero attached hydrogens (tertiary/aromatic N) is 2. The molecule has 0 aliphatic carbocycles. The summed E-state index contributed by atoms with van der Waals surface area (Å²) in [6.45, 7) is 0.593. The van der Waals surface area contributed by atoms with Gasteiger partial charge in [0, 0.05) is 35.4 Å². The van der Waals surface area contributed by atoms with E-state index < -0.39 is 0 Å². The number of aryl methyl sites for hydroxylation is 1. The fourth-order valence-corrected chi connectivity index (χ4v) is 3.18. The van der Waals surface area contributed by atoms with E-state index >= 15 is 0 Å². The normalized spacial score (nSPS) is 15.7. The summed E-state index contributed by atoms with van der Waals surface area (Å²) in [7, 11) is 0. The van der Waals surface area contributed by atoms with Gasteiger partial charge in [-0.3, -0.25) is 4.79 Å². The Balaban J connectivity index is 1.34. The highest BCUT2D eigenvalue weighted by molar-refractivity contribution is 6.30. The van der Waals surface area contributed by atoms with Crippen molar-refractivity contribution in [1.29, 1.82) is 0 Å². The summed E-state index contributed by atoms with van der Waals surface area (Å²) in [5.41, 5.74) is 1.83. The predicted octanol–water partition coefficient (Wildman–Crippen LogP) is 3.96. The van der Waals surface area contributed by atoms with E-state index in [1.54, 1.807) is 12.1 Å². The molecule has 0 unspecified atom stereocenters. The third kappa shape index (κ3) is 4.11. The van der Waals surface area contributed by atoms with Gasteiger partial charge in [0.2, 0.25) is 17.6 Å². The summed E-state index contributed by atoms with van der Waals surface area (Å²) in [4.78, 5) is 16.7. The summed E-state index contributed by atoms with van der Waals surface area (Å²) >= 11 is 5.88. The van der Waals surface area contributed by atoms with Gasteiger partial charge in [-0.05, 0) is 30.3 Å². The van der Waals surface area contributed by atoms with Gasteiger partial charge >= 0.3 is 0 Å². The number of carbonyl (C=O) groups is 1. The number of nitrogens with one attached hydrogen (secondary N) is 1. The van der Waals surface area contributed by atoms with E-state index in [1.807, 2.05) is 36.4 Å². The SMILES string of the molecule is O=C(CCc1nc(-c2ccc(Cl)cc2)no1)N[C@H]1CCOc2ccccc21. The van der Waals surface area contributed by atoms with Crippen LogP contribution in [0.15, 0.2) is 53.1 Å². The molecule has 2 heterocycles. The number of halogens is 1. The van der Waals surface area contributed by atoms with Crippen molar-refractivity contribution in [2.75, 3.05) is 6.61 Å². The first-order valence-corrected chi connectivity index (χ1v) is 9.16. The van der Waals surface area contributed by atoms with Gasteiger partial charge in [-0.15, -0.1) is 0 Å². The van der Waals surface area contributed by atoms with Crippen molar-refractivity contribution in [1.82, 2.24) is 15.5 Å². The maximum absolute atomic E-state index is 12.4. The number of hydrogen-bond donors (Lipinski definition) is 1. The highest BCUT2D eigenvalue weighted by Gasteiger charge is 2.22. The van der Waals surface area contributed by atoms with Crippen molar-refractivity contribution in [2.24, 2.45) is 0 Å². The number of hydrogen-bond acceptors (Lipinski definition) is 5. The molecule has 1 aliphatic rings. The van der Waals surface area contributed by atoms with Gasteiger partial charge in [0.1, 0.15) is 5.75 Å². The molecule has 27 heavy (non-hydrogen) atoms. The average molecular weight is 384 g/mol. The molecule has 4 rings (SSSR count). The van der Waals surface area contributed by atoms with Crippen LogP contribution in [0.25, 0.3) is 11.4 Å². The number of rotatable bonds is 5. The summed E-state index contributed by atoms with van der Waals surface area (Å²) in [6, 6.07) is 14.9. The van der Waals surface area contributed by atoms with Gasteiger partial charge in [0.15, 0.2) is 0 Å². The Bertz CT molecular complexity index is 940. The first-order chi connectivity index (χ1) is 13.2. The van der Waals surface area contributed by atoms with Gasteiger partial charge in [0.05, 0.1) is 12.6 Å². The van der Waals surface area contributed by atoms with E-state index in [2.05, 4.69) is 15.5 Å². The molecule has 3 aromatic rings. The van der Waals surface area contributed by atoms with Crippen molar-refractivity contribution < 1.29 is 14.1 Å². The van der Waals surface area contributed by atoms with Crippen molar-refractivity contribution in [2.45, 2.75) is 25.3 Å². The quantitative estimate of drug-likeness (QED) is 0.721. The molecule has 2 aromatic carbocycles. The number of amides is 1. The number of aromatic nitrogens is 2. The monoisotopic (exact) mass is 383 g/mol. The Kier molecular flexibility index (Phi) is 5.07. The lowest BCUT2D eigenvalue weighted by atomic mass is 10.0. The molecular weight excluding hydrogens is 366 g/mol. The van der Waals surface area contributed by atoms with E-state index in [1.165, 1.54) is 0 Å². The maximum Gasteiger partial charge on any atom is 0.227 e. The maximum atomic E-state index is 12.4. The van der Waals surface area contributed by atoms with Crippen molar-refractivity contribution in [3.05, 3.63) is 65.0 Å². The smallest absolute Gasteiger partial charge is 0.227 e. The minimum atomic E-state index is -0.0528. The zero-order chi connectivity index (χ0) is 18.6. The minimum Gasteiger partial charge on any atom is -0.493 e. The molecule has 1 N–H and O–H groups in total. The van der Waals surface area contributed by atoms with Crippen molar-refractivity contribution >= 4 is 17.5 Å². The molecule has 138 valence electrons. The zero-order valence-corrected chi connectivity index (χ0v) is 15.3. The average Bonchev–Trinajstić information content (AvgIpc) is 3.16. The number of fused-ring (bicyclic) bond motifs is 1. The fourth-order valence-electron chi connectivity index (χ4n) is 3.05. The zero-order valence-electron chi connectivity index (χ0n) is 14.5. The summed E-state index contributed by atoms with van der Waals surface area (Å²) in [6.07, 6.45) is 1.42. The van der Waals surface area contributed by atoms with Gasteiger partial charge < -0.3 is 14.6 Å². The van der Waals surface area contributed by atoms with E-state index in [0.29, 0.717) is 29.8 Å². The van der Waals surface area contributed by atoms with Crippen LogP contribution >= 0.6 is 11.6 Å². The second kappa shape index (κ2) is 7.80. The molecule has 0 bridgehead atoms. The van der Waals surface area contributed by atoms with Crippen LogP contribution in [0.1, 0.15) is 30.3 Å². The van der Waals surface area contributed by atoms with Gasteiger partial charge in [-0.2, -0.15) is 4.98 Å². The third-order valence-electron chi connectivity index (χ3n) is 4.43. The minimum absolute atomic E-state index is 0.0326. The summed E-state index contributed by atoms with van der Waals surface area (Å²) < 4.78 is 10.9. The summed E-state index contributed by atoms with van der Waals surface area (Å²) in [5.74, 6) is 1.70. The highest BCUT2D eigenvalue weighted by Crippen LogP contribution is 2.31. The topological polar surface area (TPSA) is 77.2 Å². The molecule has 0 spiro atoms. The van der Waals surface area contributed by atoms with Crippen LogP contribution < -0.4 is 10.1 Å². The van der Waals surface area contributed by atoms with Gasteiger partial charge in [-0.25, -0.2) is 0 Å². The first kappa shape index (κ1) is 17.5. The van der Waals surface area contributed by atoms with Crippen LogP contribution in [0.4, 0.5) is 0 Å². The third-order valence-corrected chi connectivity index (χ3v) is 4.68. The molecule has 6 nitrogen and oxygen atoms in total. The number of benzene rings is 2. The molecule has 0 radical (unpaired) electrons. The Labute approximate surface area is 161 Å². The second-order valence-corrected chi connectivity index (χ2v) is 6.75. The van der Waals surface area contributed by atoms with Crippen molar-refractivity contribution in [3.63, 3.8) is 0 Å². The Hall–Kier alpha value is -2.86. The lowest BCUT2D eigenvalue weighted by Gasteiger charge is -2.26. The van der Waals surface area contributed by atoms with E-state index in [-0.39, 0.29) is 18.4 Å². The van der Waals surface area contributed by atoms with E-state index in [4.69, 9.17) is 20.9 Å². The number of ether oxygens (including phenoxy) is 1. The molecule has 0 saturated heterocycles. The Morgan fingerprint density at radius 2 is 2.00 bits per heavy atom. The number of carbonyl (C=O) groups excluding carboxylic acids is 1. The lowest BCUT2D eigenvalue weighted by Crippen LogP contribution is -2.32. The Morgan fingerprint density at radius 1 is 1.19 bits per heavy atom. The molecular formula is C20H18ClN3O3. The van der Waals surface area contributed by atoms with E-state index in [9.17, 15) is 4.79 Å². The van der Waals surface area contributed by atoms with Crippen LogP contribution in [-0.2, 0) is 11.2 Å².